The third-order valence-electron chi connectivity index (χ3n) is 4.41. The molecule has 1 saturated heterocycles. The molecule has 3 rings (SSSR count). The number of nitrogens with zero attached hydrogens (tertiary/aromatic N) is 6. The highest BCUT2D eigenvalue weighted by Gasteiger charge is 2.22. The van der Waals surface area contributed by atoms with Gasteiger partial charge in [0.05, 0.1) is 12.2 Å². The summed E-state index contributed by atoms with van der Waals surface area (Å²) in [7, 11) is 3.66. The van der Waals surface area contributed by atoms with Crippen LogP contribution < -0.4 is 10.2 Å². The molecule has 1 atom stereocenters. The highest BCUT2D eigenvalue weighted by Crippen LogP contribution is 2.19. The van der Waals surface area contributed by atoms with Crippen LogP contribution >= 0.6 is 0 Å². The highest BCUT2D eigenvalue weighted by molar-refractivity contribution is 5.73. The lowest BCUT2D eigenvalue weighted by Crippen LogP contribution is -2.44. The highest BCUT2D eigenvalue weighted by atomic mass is 16.2. The number of hydrogen-bond donors (Lipinski definition) is 1. The second kappa shape index (κ2) is 7.96. The van der Waals surface area contributed by atoms with Crippen molar-refractivity contribution in [3.8, 4) is 0 Å². The molecule has 3 heterocycles. The summed E-state index contributed by atoms with van der Waals surface area (Å²) >= 11 is 0. The molecule has 0 bridgehead atoms. The molecule has 1 fully saturated rings. The Balaban J connectivity index is 1.46. The maximum Gasteiger partial charge on any atom is 0.317 e. The summed E-state index contributed by atoms with van der Waals surface area (Å²) in [6, 6.07) is 3.67. The molecular formula is C17H25N7O. The Morgan fingerprint density at radius 3 is 2.92 bits per heavy atom. The van der Waals surface area contributed by atoms with Gasteiger partial charge in [-0.25, -0.2) is 14.8 Å². The number of carbonyl (C=O) groups excluding carboxylic acids is 1. The summed E-state index contributed by atoms with van der Waals surface area (Å²) in [5.41, 5.74) is 0.880. The maximum atomic E-state index is 12.3. The smallest absolute Gasteiger partial charge is 0.317 e. The Kier molecular flexibility index (Phi) is 5.47. The molecule has 0 radical (unpaired) electrons. The Morgan fingerprint density at radius 2 is 2.20 bits per heavy atom. The van der Waals surface area contributed by atoms with Gasteiger partial charge < -0.3 is 15.1 Å². The zero-order valence-corrected chi connectivity index (χ0v) is 14.8. The molecule has 8 heteroatoms. The van der Waals surface area contributed by atoms with Crippen LogP contribution in [0.2, 0.25) is 0 Å². The summed E-state index contributed by atoms with van der Waals surface area (Å²) in [5, 5.41) is 7.34. The van der Waals surface area contributed by atoms with Crippen molar-refractivity contribution in [2.24, 2.45) is 13.0 Å². The van der Waals surface area contributed by atoms with E-state index in [1.54, 1.807) is 29.0 Å². The number of piperidine rings is 1. The van der Waals surface area contributed by atoms with Crippen LogP contribution in [-0.4, -0.2) is 57.4 Å². The summed E-state index contributed by atoms with van der Waals surface area (Å²) in [6.07, 6.45) is 7.60. The minimum absolute atomic E-state index is 0.0706. The first-order valence-corrected chi connectivity index (χ1v) is 8.61. The Bertz CT molecular complexity index is 687. The number of carbonyl (C=O) groups is 1. The van der Waals surface area contributed by atoms with E-state index in [9.17, 15) is 4.79 Å². The molecule has 1 aliphatic heterocycles. The SMILES string of the molecule is CN(Cc1ccn(C)n1)C(=O)NCC1CCCN(c2ncccn2)C1. The topological polar surface area (TPSA) is 79.2 Å². The summed E-state index contributed by atoms with van der Waals surface area (Å²) in [4.78, 5) is 24.8. The quantitative estimate of drug-likeness (QED) is 0.884. The van der Waals surface area contributed by atoms with Crippen molar-refractivity contribution >= 4 is 12.0 Å². The van der Waals surface area contributed by atoms with Gasteiger partial charge in [0.2, 0.25) is 5.95 Å². The van der Waals surface area contributed by atoms with Gasteiger partial charge in [0.1, 0.15) is 0 Å². The number of aryl methyl sites for hydroxylation is 1. The first kappa shape index (κ1) is 17.2. The van der Waals surface area contributed by atoms with E-state index in [4.69, 9.17) is 0 Å². The van der Waals surface area contributed by atoms with Gasteiger partial charge in [0.15, 0.2) is 0 Å². The van der Waals surface area contributed by atoms with E-state index in [2.05, 4.69) is 25.3 Å². The van der Waals surface area contributed by atoms with E-state index in [-0.39, 0.29) is 6.03 Å². The third kappa shape index (κ3) is 4.68. The Morgan fingerprint density at radius 1 is 1.40 bits per heavy atom. The molecule has 0 saturated carbocycles. The average Bonchev–Trinajstić information content (AvgIpc) is 3.05. The van der Waals surface area contributed by atoms with Crippen LogP contribution in [0, 0.1) is 5.92 Å². The fourth-order valence-corrected chi connectivity index (χ4v) is 3.10. The zero-order valence-electron chi connectivity index (χ0n) is 14.8. The Hall–Kier alpha value is -2.64. The monoisotopic (exact) mass is 343 g/mol. The molecule has 8 nitrogen and oxygen atoms in total. The van der Waals surface area contributed by atoms with Gasteiger partial charge in [0.25, 0.3) is 0 Å². The molecule has 0 aliphatic carbocycles. The van der Waals surface area contributed by atoms with Crippen molar-refractivity contribution in [1.82, 2.24) is 30.0 Å². The summed E-state index contributed by atoms with van der Waals surface area (Å²) in [5.74, 6) is 1.18. The molecule has 1 N–H and O–H groups in total. The van der Waals surface area contributed by atoms with Crippen LogP contribution in [0.15, 0.2) is 30.7 Å². The lowest BCUT2D eigenvalue weighted by molar-refractivity contribution is 0.203. The molecule has 0 spiro atoms. The predicted molar refractivity (Wildman–Crippen MR) is 95.0 cm³/mol. The number of aromatic nitrogens is 4. The largest absolute Gasteiger partial charge is 0.340 e. The van der Waals surface area contributed by atoms with Crippen LogP contribution in [-0.2, 0) is 13.6 Å². The van der Waals surface area contributed by atoms with Gasteiger partial charge in [0, 0.05) is 52.3 Å². The van der Waals surface area contributed by atoms with Gasteiger partial charge in [-0.05, 0) is 30.9 Å². The number of rotatable bonds is 5. The van der Waals surface area contributed by atoms with Gasteiger partial charge in [-0.1, -0.05) is 0 Å². The van der Waals surface area contributed by atoms with Gasteiger partial charge in [-0.2, -0.15) is 5.10 Å². The van der Waals surface area contributed by atoms with Crippen LogP contribution in [0.25, 0.3) is 0 Å². The van der Waals surface area contributed by atoms with Crippen LogP contribution in [0.4, 0.5) is 10.7 Å². The standard InChI is InChI=1S/C17H25N7O/c1-22(13-15-6-10-23(2)21-15)17(25)20-11-14-5-3-9-24(12-14)16-18-7-4-8-19-16/h4,6-8,10,14H,3,5,9,11-13H2,1-2H3,(H,20,25). The molecule has 0 aromatic carbocycles. The molecule has 1 aliphatic rings. The Labute approximate surface area is 147 Å². The van der Waals surface area contributed by atoms with Crippen LogP contribution in [0.3, 0.4) is 0 Å². The second-order valence-electron chi connectivity index (χ2n) is 6.53. The predicted octanol–water partition coefficient (Wildman–Crippen LogP) is 1.27. The third-order valence-corrected chi connectivity index (χ3v) is 4.41. The van der Waals surface area contributed by atoms with E-state index in [1.165, 1.54) is 0 Å². The zero-order chi connectivity index (χ0) is 17.6. The van der Waals surface area contributed by atoms with E-state index < -0.39 is 0 Å². The van der Waals surface area contributed by atoms with Gasteiger partial charge in [-0.15, -0.1) is 0 Å². The van der Waals surface area contributed by atoms with E-state index in [0.717, 1.165) is 37.6 Å². The van der Waals surface area contributed by atoms with Crippen LogP contribution in [0.5, 0.6) is 0 Å². The maximum absolute atomic E-state index is 12.3. The molecule has 2 aromatic rings. The van der Waals surface area contributed by atoms with E-state index in [1.807, 2.05) is 25.4 Å². The summed E-state index contributed by atoms with van der Waals surface area (Å²) < 4.78 is 1.74. The van der Waals surface area contributed by atoms with Crippen molar-refractivity contribution in [2.45, 2.75) is 19.4 Å². The minimum atomic E-state index is -0.0706. The number of hydrogen-bond acceptors (Lipinski definition) is 5. The summed E-state index contributed by atoms with van der Waals surface area (Å²) in [6.45, 7) is 3.00. The van der Waals surface area contributed by atoms with Crippen molar-refractivity contribution in [1.29, 1.82) is 0 Å². The molecule has 2 aromatic heterocycles. The lowest BCUT2D eigenvalue weighted by atomic mass is 9.98. The number of amides is 2. The van der Waals surface area contributed by atoms with Crippen molar-refractivity contribution in [3.05, 3.63) is 36.4 Å². The number of urea groups is 1. The van der Waals surface area contributed by atoms with Crippen molar-refractivity contribution in [2.75, 3.05) is 31.6 Å². The second-order valence-corrected chi connectivity index (χ2v) is 6.53. The fourth-order valence-electron chi connectivity index (χ4n) is 3.10. The number of nitrogens with one attached hydrogen (secondary N) is 1. The molecular weight excluding hydrogens is 318 g/mol. The van der Waals surface area contributed by atoms with E-state index in [0.29, 0.717) is 19.0 Å². The molecule has 2 amide bonds. The van der Waals surface area contributed by atoms with Gasteiger partial charge in [-0.3, -0.25) is 4.68 Å². The molecule has 134 valence electrons. The van der Waals surface area contributed by atoms with Gasteiger partial charge >= 0.3 is 6.03 Å². The normalized spacial score (nSPS) is 17.4. The van der Waals surface area contributed by atoms with Crippen molar-refractivity contribution < 1.29 is 4.79 Å². The lowest BCUT2D eigenvalue weighted by Gasteiger charge is -2.33. The molecule has 1 unspecified atom stereocenters. The number of anilines is 1. The minimum Gasteiger partial charge on any atom is -0.340 e. The first-order chi connectivity index (χ1) is 12.1. The van der Waals surface area contributed by atoms with E-state index >= 15 is 0 Å². The fraction of sp³-hybridized carbons (Fsp3) is 0.529. The first-order valence-electron chi connectivity index (χ1n) is 8.61. The van der Waals surface area contributed by atoms with Crippen LogP contribution in [0.1, 0.15) is 18.5 Å². The average molecular weight is 343 g/mol. The molecule has 25 heavy (non-hydrogen) atoms. The van der Waals surface area contributed by atoms with Crippen molar-refractivity contribution in [3.63, 3.8) is 0 Å².